The second-order valence-electron chi connectivity index (χ2n) is 0.175. The third-order valence-corrected chi connectivity index (χ3v) is 0.335. The minimum atomic E-state index is -0.637. The molecule has 1 unspecified atom stereocenters. The molecule has 0 aliphatic rings. The van der Waals surface area contributed by atoms with Crippen molar-refractivity contribution in [3.05, 3.63) is 0 Å². The summed E-state index contributed by atoms with van der Waals surface area (Å²) in [5.41, 5.74) is 0. The van der Waals surface area contributed by atoms with E-state index in [4.69, 9.17) is 9.12 Å². The molecule has 0 aliphatic carbocycles. The topological polar surface area (TPSA) is 37.3 Å². The molecule has 0 saturated heterocycles. The molecular weight excluding hydrogens is 95.0 g/mol. The Bertz CT molecular complexity index is 20.0. The number of hydrogen-bond donors (Lipinski definition) is 1. The Morgan fingerprint density at radius 2 is 2.25 bits per heavy atom. The SMILES string of the molecule is O=[PH]SO. The Morgan fingerprint density at radius 3 is 2.25 bits per heavy atom. The van der Waals surface area contributed by atoms with E-state index in [9.17, 15) is 0 Å². The molecule has 25 valence electrons. The fraction of sp³-hybridized carbons (Fsp3) is 0. The van der Waals surface area contributed by atoms with Gasteiger partial charge >= 0.3 is 0 Å². The Morgan fingerprint density at radius 1 is 2.00 bits per heavy atom. The lowest BCUT2D eigenvalue weighted by atomic mass is 15.9. The first-order valence-corrected chi connectivity index (χ1v) is 3.00. The van der Waals surface area contributed by atoms with E-state index in [1.165, 1.54) is 0 Å². The summed E-state index contributed by atoms with van der Waals surface area (Å²) in [4.78, 5) is 0. The highest BCUT2D eigenvalue weighted by Crippen LogP contribution is 2.08. The minimum Gasteiger partial charge on any atom is -0.321 e. The molecule has 0 spiro atoms. The summed E-state index contributed by atoms with van der Waals surface area (Å²) >= 11 is 0.329. The molecule has 0 rings (SSSR count). The molecule has 0 aromatic rings. The van der Waals surface area contributed by atoms with Gasteiger partial charge in [0.05, 0.1) is 11.7 Å². The standard InChI is InChI=1S/H2O2PS/c1-3-4-2/h2-3H. The molecule has 0 heterocycles. The second-order valence-corrected chi connectivity index (χ2v) is 1.57. The summed E-state index contributed by atoms with van der Waals surface area (Å²) in [7, 11) is -0.637. The first-order valence-electron chi connectivity index (χ1n) is 0.591. The van der Waals surface area contributed by atoms with E-state index in [1.54, 1.807) is 0 Å². The molecule has 0 aliphatic heterocycles. The summed E-state index contributed by atoms with van der Waals surface area (Å²) in [6, 6.07) is 0. The fourth-order valence-electron chi connectivity index (χ4n) is 0. The van der Waals surface area contributed by atoms with Gasteiger partial charge in [-0.2, -0.15) is 0 Å². The zero-order valence-electron chi connectivity index (χ0n) is 1.76. The van der Waals surface area contributed by atoms with Gasteiger partial charge in [0.1, 0.15) is 7.66 Å². The Hall–Kier alpha value is 0.410. The maximum absolute atomic E-state index is 9.04. The van der Waals surface area contributed by atoms with Crippen molar-refractivity contribution in [1.29, 1.82) is 0 Å². The average Bonchev–Trinajstić information content (AvgIpc) is 1.37. The van der Waals surface area contributed by atoms with Crippen molar-refractivity contribution in [1.82, 2.24) is 0 Å². The highest BCUT2D eigenvalue weighted by atomic mass is 32.7. The van der Waals surface area contributed by atoms with E-state index < -0.39 is 7.66 Å². The molecule has 1 atom stereocenters. The highest BCUT2D eigenvalue weighted by molar-refractivity contribution is 8.42. The van der Waals surface area contributed by atoms with Crippen LogP contribution in [0.3, 0.4) is 0 Å². The second kappa shape index (κ2) is 3.41. The van der Waals surface area contributed by atoms with Gasteiger partial charge in [-0.1, -0.05) is 0 Å². The van der Waals surface area contributed by atoms with Crippen LogP contribution in [0.1, 0.15) is 0 Å². The van der Waals surface area contributed by atoms with E-state index in [0.717, 1.165) is 0 Å². The van der Waals surface area contributed by atoms with Gasteiger partial charge in [0.15, 0.2) is 0 Å². The molecule has 4 heteroatoms. The maximum Gasteiger partial charge on any atom is 0.146 e. The zero-order chi connectivity index (χ0) is 3.41. The largest absolute Gasteiger partial charge is 0.321 e. The summed E-state index contributed by atoms with van der Waals surface area (Å²) in [6.45, 7) is 0. The van der Waals surface area contributed by atoms with Crippen molar-refractivity contribution < 1.29 is 9.12 Å². The molecule has 0 amide bonds. The van der Waals surface area contributed by atoms with Crippen LogP contribution in [-0.2, 0) is 4.57 Å². The average molecular weight is 97.1 g/mol. The van der Waals surface area contributed by atoms with Gasteiger partial charge in [-0.15, -0.1) is 0 Å². The lowest BCUT2D eigenvalue weighted by Crippen LogP contribution is -1.16. The minimum absolute atomic E-state index is 0.329. The van der Waals surface area contributed by atoms with Crippen LogP contribution in [0.25, 0.3) is 0 Å². The van der Waals surface area contributed by atoms with Crippen LogP contribution in [-0.4, -0.2) is 4.55 Å². The van der Waals surface area contributed by atoms with Gasteiger partial charge in [-0.05, 0) is 0 Å². The van der Waals surface area contributed by atoms with Gasteiger partial charge in [0.2, 0.25) is 0 Å². The van der Waals surface area contributed by atoms with E-state index >= 15 is 0 Å². The Balaban J connectivity index is 2.30. The molecule has 1 radical (unpaired) electrons. The van der Waals surface area contributed by atoms with E-state index in [1.807, 2.05) is 0 Å². The smallest absolute Gasteiger partial charge is 0.146 e. The fourth-order valence-corrected chi connectivity index (χ4v) is 0. The van der Waals surface area contributed by atoms with Crippen LogP contribution in [0, 0.1) is 0 Å². The molecule has 0 fully saturated rings. The predicted octanol–water partition coefficient (Wildman–Crippen LogP) is 1.13. The van der Waals surface area contributed by atoms with Gasteiger partial charge in [0.25, 0.3) is 0 Å². The lowest BCUT2D eigenvalue weighted by molar-refractivity contribution is 0.602. The van der Waals surface area contributed by atoms with Crippen molar-refractivity contribution in [2.24, 2.45) is 0 Å². The van der Waals surface area contributed by atoms with Gasteiger partial charge < -0.3 is 4.55 Å². The monoisotopic (exact) mass is 97.0 g/mol. The third kappa shape index (κ3) is 2.41. The Kier molecular flexibility index (Phi) is 3.76. The van der Waals surface area contributed by atoms with Crippen LogP contribution in [0.15, 0.2) is 0 Å². The quantitative estimate of drug-likeness (QED) is 0.393. The van der Waals surface area contributed by atoms with Gasteiger partial charge in [-0.25, -0.2) is 0 Å². The zero-order valence-corrected chi connectivity index (χ0v) is 3.58. The van der Waals surface area contributed by atoms with Crippen LogP contribution in [0.4, 0.5) is 0 Å². The Labute approximate surface area is 29.4 Å². The van der Waals surface area contributed by atoms with Crippen LogP contribution in [0.5, 0.6) is 0 Å². The van der Waals surface area contributed by atoms with Crippen molar-refractivity contribution in [2.75, 3.05) is 0 Å². The van der Waals surface area contributed by atoms with Crippen LogP contribution < -0.4 is 0 Å². The van der Waals surface area contributed by atoms with Crippen LogP contribution in [0.2, 0.25) is 0 Å². The first-order chi connectivity index (χ1) is 1.91. The molecule has 0 bridgehead atoms. The molecule has 0 saturated carbocycles. The normalized spacial score (nSPS) is 8.25. The molecule has 0 aromatic heterocycles. The van der Waals surface area contributed by atoms with E-state index in [0.29, 0.717) is 11.7 Å². The lowest BCUT2D eigenvalue weighted by Gasteiger charge is -1.53. The summed E-state index contributed by atoms with van der Waals surface area (Å²) < 4.78 is 16.5. The number of hydrogen-bond acceptors (Lipinski definition) is 3. The van der Waals surface area contributed by atoms with Gasteiger partial charge in [-0.3, -0.25) is 4.57 Å². The van der Waals surface area contributed by atoms with Gasteiger partial charge in [0, 0.05) is 0 Å². The molecular formula is H2O2PS. The third-order valence-electron chi connectivity index (χ3n) is 0.0373. The van der Waals surface area contributed by atoms with Crippen molar-refractivity contribution >= 4 is 19.3 Å². The van der Waals surface area contributed by atoms with Crippen molar-refractivity contribution in [3.63, 3.8) is 0 Å². The molecule has 2 nitrogen and oxygen atoms in total. The van der Waals surface area contributed by atoms with E-state index in [2.05, 4.69) is 0 Å². The predicted molar refractivity (Wildman–Crippen MR) is 19.2 cm³/mol. The summed E-state index contributed by atoms with van der Waals surface area (Å²) in [6.07, 6.45) is 0. The summed E-state index contributed by atoms with van der Waals surface area (Å²) in [5.74, 6) is 0. The molecule has 0 aromatic carbocycles. The first kappa shape index (κ1) is 4.41. The molecule has 1 N–H and O–H groups in total. The van der Waals surface area contributed by atoms with E-state index in [-0.39, 0.29) is 0 Å². The van der Waals surface area contributed by atoms with Crippen molar-refractivity contribution in [2.45, 2.75) is 0 Å². The molecule has 4 heavy (non-hydrogen) atoms. The van der Waals surface area contributed by atoms with Crippen LogP contribution >= 0.6 is 19.3 Å². The summed E-state index contributed by atoms with van der Waals surface area (Å²) in [5, 5.41) is 0. The number of rotatable bonds is 1. The van der Waals surface area contributed by atoms with Crippen molar-refractivity contribution in [3.8, 4) is 0 Å². The highest BCUT2D eigenvalue weighted by Gasteiger charge is 1.53. The maximum atomic E-state index is 9.04.